The number of hydrogen-bond donors (Lipinski definition) is 1. The first-order chi connectivity index (χ1) is 9.20. The second-order valence-corrected chi connectivity index (χ2v) is 5.00. The number of aromatic nitrogens is 2. The summed E-state index contributed by atoms with van der Waals surface area (Å²) in [7, 11) is 0. The lowest BCUT2D eigenvalue weighted by atomic mass is 9.86. The van der Waals surface area contributed by atoms with Gasteiger partial charge in [-0.1, -0.05) is 19.8 Å². The summed E-state index contributed by atoms with van der Waals surface area (Å²) in [6.07, 6.45) is 6.54. The van der Waals surface area contributed by atoms with Crippen molar-refractivity contribution in [1.82, 2.24) is 9.97 Å². The smallest absolute Gasteiger partial charge is 0.376 e. The lowest BCUT2D eigenvalue weighted by Crippen LogP contribution is -2.30. The highest BCUT2D eigenvalue weighted by atomic mass is 16.5. The van der Waals surface area contributed by atoms with E-state index >= 15 is 0 Å². The topological polar surface area (TPSA) is 64.1 Å². The SMILES string of the molecule is CCOC(=O)c1nccc(NC2CCCCC2C)n1. The van der Waals surface area contributed by atoms with Gasteiger partial charge >= 0.3 is 5.97 Å². The van der Waals surface area contributed by atoms with Crippen LogP contribution in [-0.4, -0.2) is 28.6 Å². The molecule has 1 aromatic rings. The molecule has 5 heteroatoms. The normalized spacial score (nSPS) is 22.8. The van der Waals surface area contributed by atoms with Crippen LogP contribution in [0, 0.1) is 5.92 Å². The number of hydrogen-bond acceptors (Lipinski definition) is 5. The molecule has 0 spiro atoms. The van der Waals surface area contributed by atoms with Crippen LogP contribution < -0.4 is 5.32 Å². The van der Waals surface area contributed by atoms with E-state index in [0.29, 0.717) is 24.4 Å². The molecule has 0 saturated heterocycles. The molecule has 1 aliphatic carbocycles. The van der Waals surface area contributed by atoms with Gasteiger partial charge in [-0.15, -0.1) is 0 Å². The summed E-state index contributed by atoms with van der Waals surface area (Å²) >= 11 is 0. The zero-order valence-corrected chi connectivity index (χ0v) is 11.6. The fourth-order valence-electron chi connectivity index (χ4n) is 2.45. The summed E-state index contributed by atoms with van der Waals surface area (Å²) in [5.41, 5.74) is 0. The van der Waals surface area contributed by atoms with Crippen molar-refractivity contribution in [1.29, 1.82) is 0 Å². The molecule has 0 aliphatic heterocycles. The van der Waals surface area contributed by atoms with Crippen LogP contribution in [0.5, 0.6) is 0 Å². The Hall–Kier alpha value is -1.65. The van der Waals surface area contributed by atoms with E-state index < -0.39 is 5.97 Å². The van der Waals surface area contributed by atoms with Gasteiger partial charge in [-0.2, -0.15) is 0 Å². The molecule has 19 heavy (non-hydrogen) atoms. The molecule has 0 bridgehead atoms. The van der Waals surface area contributed by atoms with Crippen LogP contribution in [0.3, 0.4) is 0 Å². The van der Waals surface area contributed by atoms with Crippen LogP contribution in [0.1, 0.15) is 50.1 Å². The number of ether oxygens (including phenoxy) is 1. The van der Waals surface area contributed by atoms with Crippen molar-refractivity contribution in [3.8, 4) is 0 Å². The molecule has 1 aliphatic rings. The van der Waals surface area contributed by atoms with E-state index in [1.807, 2.05) is 0 Å². The van der Waals surface area contributed by atoms with Crippen molar-refractivity contribution < 1.29 is 9.53 Å². The molecule has 5 nitrogen and oxygen atoms in total. The Morgan fingerprint density at radius 2 is 2.26 bits per heavy atom. The third-order valence-electron chi connectivity index (χ3n) is 3.56. The number of nitrogens with zero attached hydrogens (tertiary/aromatic N) is 2. The molecule has 0 aromatic carbocycles. The minimum Gasteiger partial charge on any atom is -0.460 e. The standard InChI is InChI=1S/C14H21N3O2/c1-3-19-14(18)13-15-9-8-12(17-13)16-11-7-5-4-6-10(11)2/h8-11H,3-7H2,1-2H3,(H,15,16,17). The first-order valence-electron chi connectivity index (χ1n) is 6.97. The van der Waals surface area contributed by atoms with Gasteiger partial charge in [-0.25, -0.2) is 14.8 Å². The van der Waals surface area contributed by atoms with Gasteiger partial charge in [-0.3, -0.25) is 0 Å². The minimum atomic E-state index is -0.470. The van der Waals surface area contributed by atoms with Gasteiger partial charge in [0.15, 0.2) is 0 Å². The van der Waals surface area contributed by atoms with Crippen LogP contribution in [0.15, 0.2) is 12.3 Å². The van der Waals surface area contributed by atoms with Crippen LogP contribution in [0.25, 0.3) is 0 Å². The molecule has 0 radical (unpaired) electrons. The molecule has 1 aromatic heterocycles. The number of rotatable bonds is 4. The summed E-state index contributed by atoms with van der Waals surface area (Å²) in [5, 5.41) is 3.41. The second-order valence-electron chi connectivity index (χ2n) is 5.00. The third-order valence-corrected chi connectivity index (χ3v) is 3.56. The van der Waals surface area contributed by atoms with Gasteiger partial charge in [0.05, 0.1) is 6.61 Å². The van der Waals surface area contributed by atoms with E-state index in [4.69, 9.17) is 4.74 Å². The average Bonchev–Trinajstić information content (AvgIpc) is 2.42. The van der Waals surface area contributed by atoms with Crippen molar-refractivity contribution in [3.63, 3.8) is 0 Å². The van der Waals surface area contributed by atoms with Crippen molar-refractivity contribution in [2.24, 2.45) is 5.92 Å². The first kappa shape index (κ1) is 13.8. The summed E-state index contributed by atoms with van der Waals surface area (Å²) < 4.78 is 4.90. The van der Waals surface area contributed by atoms with Crippen LogP contribution in [-0.2, 0) is 4.74 Å². The maximum atomic E-state index is 11.6. The fourth-order valence-corrected chi connectivity index (χ4v) is 2.45. The second kappa shape index (κ2) is 6.50. The predicted molar refractivity (Wildman–Crippen MR) is 73.0 cm³/mol. The van der Waals surface area contributed by atoms with E-state index in [-0.39, 0.29) is 5.82 Å². The molecule has 1 heterocycles. The zero-order chi connectivity index (χ0) is 13.7. The summed E-state index contributed by atoms with van der Waals surface area (Å²) in [6, 6.07) is 2.23. The fraction of sp³-hybridized carbons (Fsp3) is 0.643. The van der Waals surface area contributed by atoms with E-state index in [0.717, 1.165) is 6.42 Å². The highest BCUT2D eigenvalue weighted by Crippen LogP contribution is 2.26. The summed E-state index contributed by atoms with van der Waals surface area (Å²) in [4.78, 5) is 19.7. The molecule has 0 amide bonds. The molecule has 1 N–H and O–H groups in total. The van der Waals surface area contributed by atoms with E-state index in [9.17, 15) is 4.79 Å². The lowest BCUT2D eigenvalue weighted by Gasteiger charge is -2.29. The number of esters is 1. The van der Waals surface area contributed by atoms with Gasteiger partial charge in [0.1, 0.15) is 5.82 Å². The molecule has 1 fully saturated rings. The Labute approximate surface area is 113 Å². The Bertz CT molecular complexity index is 436. The largest absolute Gasteiger partial charge is 0.460 e. The van der Waals surface area contributed by atoms with Gasteiger partial charge in [0.2, 0.25) is 5.82 Å². The number of anilines is 1. The Kier molecular flexibility index (Phi) is 4.71. The predicted octanol–water partition coefficient (Wildman–Crippen LogP) is 2.64. The molecule has 104 valence electrons. The van der Waals surface area contributed by atoms with Crippen molar-refractivity contribution in [2.45, 2.75) is 45.6 Å². The van der Waals surface area contributed by atoms with Gasteiger partial charge in [0, 0.05) is 12.2 Å². The molecular formula is C14H21N3O2. The molecule has 1 saturated carbocycles. The summed E-state index contributed by atoms with van der Waals surface area (Å²) in [6.45, 7) is 4.35. The van der Waals surface area contributed by atoms with Crippen molar-refractivity contribution >= 4 is 11.8 Å². The zero-order valence-electron chi connectivity index (χ0n) is 11.6. The number of nitrogens with one attached hydrogen (secondary N) is 1. The molecule has 2 rings (SSSR count). The maximum absolute atomic E-state index is 11.6. The molecule has 2 atom stereocenters. The highest BCUT2D eigenvalue weighted by molar-refractivity contribution is 5.85. The maximum Gasteiger partial charge on any atom is 0.376 e. The Morgan fingerprint density at radius 3 is 3.00 bits per heavy atom. The Morgan fingerprint density at radius 1 is 1.47 bits per heavy atom. The quantitative estimate of drug-likeness (QED) is 0.846. The third kappa shape index (κ3) is 3.66. The van der Waals surface area contributed by atoms with Gasteiger partial charge in [0.25, 0.3) is 0 Å². The lowest BCUT2D eigenvalue weighted by molar-refractivity contribution is 0.0512. The highest BCUT2D eigenvalue weighted by Gasteiger charge is 2.21. The monoisotopic (exact) mass is 263 g/mol. The van der Waals surface area contributed by atoms with Crippen LogP contribution in [0.4, 0.5) is 5.82 Å². The van der Waals surface area contributed by atoms with Gasteiger partial charge < -0.3 is 10.1 Å². The molecular weight excluding hydrogens is 242 g/mol. The minimum absolute atomic E-state index is 0.121. The van der Waals surface area contributed by atoms with Gasteiger partial charge in [-0.05, 0) is 31.7 Å². The number of carbonyl (C=O) groups excluding carboxylic acids is 1. The van der Waals surface area contributed by atoms with E-state index in [2.05, 4.69) is 22.2 Å². The van der Waals surface area contributed by atoms with Crippen molar-refractivity contribution in [2.75, 3.05) is 11.9 Å². The first-order valence-corrected chi connectivity index (χ1v) is 6.97. The van der Waals surface area contributed by atoms with E-state index in [1.54, 1.807) is 19.2 Å². The molecule has 2 unspecified atom stereocenters. The number of carbonyl (C=O) groups is 1. The van der Waals surface area contributed by atoms with Crippen molar-refractivity contribution in [3.05, 3.63) is 18.1 Å². The van der Waals surface area contributed by atoms with Crippen LogP contribution in [0.2, 0.25) is 0 Å². The Balaban J connectivity index is 2.04. The average molecular weight is 263 g/mol. The van der Waals surface area contributed by atoms with Crippen LogP contribution >= 0.6 is 0 Å². The summed E-state index contributed by atoms with van der Waals surface area (Å²) in [5.74, 6) is 0.990. The van der Waals surface area contributed by atoms with E-state index in [1.165, 1.54) is 19.3 Å².